The van der Waals surface area contributed by atoms with Crippen LogP contribution in [0.4, 0.5) is 11.5 Å². The number of ether oxygens (including phenoxy) is 3. The number of hydrogen-bond donors (Lipinski definition) is 6. The maximum absolute atomic E-state index is 12.9. The van der Waals surface area contributed by atoms with E-state index in [1.807, 2.05) is 13.8 Å². The van der Waals surface area contributed by atoms with Crippen LogP contribution < -0.4 is 17.2 Å². The summed E-state index contributed by atoms with van der Waals surface area (Å²) in [6.45, 7) is 3.18. The van der Waals surface area contributed by atoms with Gasteiger partial charge in [-0.1, -0.05) is 45.6 Å². The number of anilines is 1. The molecule has 0 radical (unpaired) electrons. The molecule has 21 nitrogen and oxygen atoms in total. The lowest BCUT2D eigenvalue weighted by atomic mass is 10.1. The van der Waals surface area contributed by atoms with Gasteiger partial charge in [0.05, 0.1) is 35.4 Å². The van der Waals surface area contributed by atoms with Crippen LogP contribution >= 0.6 is 45.1 Å². The zero-order valence-electron chi connectivity index (χ0n) is 26.2. The van der Waals surface area contributed by atoms with Crippen molar-refractivity contribution >= 4 is 56.6 Å². The van der Waals surface area contributed by atoms with Crippen molar-refractivity contribution in [2.75, 3.05) is 31.4 Å². The van der Waals surface area contributed by atoms with Gasteiger partial charge in [-0.3, -0.25) is 19.2 Å². The second-order valence-corrected chi connectivity index (χ2v) is 18.0. The van der Waals surface area contributed by atoms with Crippen molar-refractivity contribution in [3.05, 3.63) is 62.2 Å². The number of phosphoric ester groups is 1. The number of hydrogen-bond acceptors (Lipinski definition) is 17. The average molecular weight is 806 g/mol. The molecule has 0 saturated carbocycles. The Hall–Kier alpha value is -2.19. The van der Waals surface area contributed by atoms with Crippen LogP contribution in [-0.4, -0.2) is 76.7 Å². The Kier molecular flexibility index (Phi) is 15.2. The Labute approximate surface area is 292 Å². The molecule has 26 heteroatoms. The summed E-state index contributed by atoms with van der Waals surface area (Å²) in [5, 5.41) is 11.5. The first-order chi connectivity index (χ1) is 23.2. The van der Waals surface area contributed by atoms with Gasteiger partial charge >= 0.3 is 29.2 Å². The number of phosphoric acid groups is 3. The van der Waals surface area contributed by atoms with E-state index in [4.69, 9.17) is 40.0 Å². The third-order valence-corrected chi connectivity index (χ3v) is 13.0. The van der Waals surface area contributed by atoms with E-state index in [9.17, 15) is 38.4 Å². The molecule has 1 aliphatic rings. The zero-order chi connectivity index (χ0) is 37.3. The first kappa shape index (κ1) is 42.2. The molecular formula is C24H34N5O16P3S2. The van der Waals surface area contributed by atoms with Gasteiger partial charge in [0.1, 0.15) is 30.7 Å². The summed E-state index contributed by atoms with van der Waals surface area (Å²) in [5.74, 6) is 5.64. The minimum atomic E-state index is -5.81. The van der Waals surface area contributed by atoms with Gasteiger partial charge in [-0.15, -0.1) is 0 Å². The van der Waals surface area contributed by atoms with Gasteiger partial charge in [-0.2, -0.15) is 13.6 Å². The molecule has 1 fully saturated rings. The largest absolute Gasteiger partial charge is 0.490 e. The van der Waals surface area contributed by atoms with Crippen molar-refractivity contribution in [3.8, 4) is 11.8 Å². The molecule has 8 N–H and O–H groups in total. The molecule has 1 aromatic heterocycles. The summed E-state index contributed by atoms with van der Waals surface area (Å²) < 4.78 is 65.2. The van der Waals surface area contributed by atoms with Crippen LogP contribution in [0.3, 0.4) is 0 Å². The smallest absolute Gasteiger partial charge is 0.382 e. The van der Waals surface area contributed by atoms with E-state index >= 15 is 0 Å². The summed E-state index contributed by atoms with van der Waals surface area (Å²) >= 11 is 0. The fourth-order valence-corrected chi connectivity index (χ4v) is 9.06. The molecule has 0 aliphatic carbocycles. The fourth-order valence-electron chi connectivity index (χ4n) is 3.94. The number of nitro benzene ring substituents is 1. The van der Waals surface area contributed by atoms with Crippen LogP contribution in [0.25, 0.3) is 0 Å². The number of aromatic nitrogens is 2. The maximum Gasteiger partial charge on any atom is 0.490 e. The predicted octanol–water partition coefficient (Wildman–Crippen LogP) is 2.39. The predicted molar refractivity (Wildman–Crippen MR) is 179 cm³/mol. The Morgan fingerprint density at radius 3 is 2.54 bits per heavy atom. The first-order valence-corrected chi connectivity index (χ1v) is 20.8. The first-order valence-electron chi connectivity index (χ1n) is 13.9. The molecule has 1 aliphatic heterocycles. The molecule has 2 aromatic rings. The molecule has 0 spiro atoms. The Morgan fingerprint density at radius 2 is 1.88 bits per heavy atom. The van der Waals surface area contributed by atoms with Gasteiger partial charge in [-0.25, -0.2) is 18.5 Å². The lowest BCUT2D eigenvalue weighted by Gasteiger charge is -2.21. The second-order valence-electron chi connectivity index (χ2n) is 10.6. The lowest BCUT2D eigenvalue weighted by molar-refractivity contribution is -0.386. The van der Waals surface area contributed by atoms with Crippen molar-refractivity contribution in [3.63, 3.8) is 0 Å². The number of rotatable bonds is 18. The number of nitrogens with zero attached hydrogens (tertiary/aromatic N) is 3. The van der Waals surface area contributed by atoms with E-state index in [1.165, 1.54) is 41.3 Å². The number of para-hydroxylation sites is 1. The van der Waals surface area contributed by atoms with Crippen molar-refractivity contribution in [1.82, 2.24) is 9.55 Å². The van der Waals surface area contributed by atoms with Crippen LogP contribution in [0.5, 0.6) is 0 Å². The SMILES string of the molecule is CC(C)(CN)SSCOCC#Cc1cn([C@H]2C[C@@H](OCc3ccccc3[N+](=O)[O-])[C@@H](COP(=O)(O)OP(=O)(O)OP(=O)(O)O)O2)c(=O)nc1N. The number of benzene rings is 1. The van der Waals surface area contributed by atoms with Crippen LogP contribution in [-0.2, 0) is 47.7 Å². The quantitative estimate of drug-likeness (QED) is 0.0239. The summed E-state index contributed by atoms with van der Waals surface area (Å²) in [6, 6.07) is 5.64. The molecule has 278 valence electrons. The average Bonchev–Trinajstić information content (AvgIpc) is 3.40. The minimum absolute atomic E-state index is 0.0132. The second kappa shape index (κ2) is 18.0. The third-order valence-electron chi connectivity index (χ3n) is 6.24. The highest BCUT2D eigenvalue weighted by molar-refractivity contribution is 8.77. The molecule has 0 amide bonds. The Bertz CT molecular complexity index is 1780. The van der Waals surface area contributed by atoms with E-state index in [0.717, 1.165) is 4.57 Å². The van der Waals surface area contributed by atoms with Crippen molar-refractivity contribution < 1.29 is 65.5 Å². The van der Waals surface area contributed by atoms with Gasteiger partial charge < -0.3 is 45.3 Å². The van der Waals surface area contributed by atoms with Crippen LogP contribution in [0, 0.1) is 22.0 Å². The van der Waals surface area contributed by atoms with E-state index in [2.05, 4.69) is 25.4 Å². The molecule has 0 bridgehead atoms. The van der Waals surface area contributed by atoms with Gasteiger partial charge in [0.25, 0.3) is 5.69 Å². The zero-order valence-corrected chi connectivity index (χ0v) is 30.5. The summed E-state index contributed by atoms with van der Waals surface area (Å²) in [5.41, 5.74) is 10.7. The fraction of sp³-hybridized carbons (Fsp3) is 0.500. The topological polar surface area (TPSA) is 318 Å². The van der Waals surface area contributed by atoms with Crippen LogP contribution in [0.2, 0.25) is 0 Å². The third kappa shape index (κ3) is 13.7. The van der Waals surface area contributed by atoms with Crippen molar-refractivity contribution in [1.29, 1.82) is 0 Å². The Morgan fingerprint density at radius 1 is 1.18 bits per heavy atom. The highest BCUT2D eigenvalue weighted by Gasteiger charge is 2.44. The summed E-state index contributed by atoms with van der Waals surface area (Å²) in [6.07, 6.45) is -2.57. The number of nitrogen functional groups attached to an aromatic ring is 1. The van der Waals surface area contributed by atoms with Gasteiger partial charge in [0.2, 0.25) is 0 Å². The highest BCUT2D eigenvalue weighted by Crippen LogP contribution is 2.66. The van der Waals surface area contributed by atoms with Crippen LogP contribution in [0.1, 0.15) is 37.6 Å². The molecule has 50 heavy (non-hydrogen) atoms. The minimum Gasteiger partial charge on any atom is -0.382 e. The summed E-state index contributed by atoms with van der Waals surface area (Å²) in [4.78, 5) is 64.3. The Balaban J connectivity index is 1.78. The van der Waals surface area contributed by atoms with E-state index < -0.39 is 59.1 Å². The molecule has 3 rings (SSSR count). The molecule has 2 heterocycles. The number of nitrogens with two attached hydrogens (primary N) is 2. The molecular weight excluding hydrogens is 771 g/mol. The van der Waals surface area contributed by atoms with Crippen molar-refractivity contribution in [2.45, 2.75) is 50.1 Å². The monoisotopic (exact) mass is 805 g/mol. The standard InChI is InChI=1S/C24H34N5O16P3S2/c1-24(2,14-25)50-49-15-40-9-5-7-16-11-28(23(30)27-22(16)26)21-10-19(41-12-17-6-3-4-8-18(17)29(31)32)20(43-21)13-42-47(36,37)45-48(38,39)44-46(33,34)35/h3-4,6,8,11,19-21H,9-10,12-15,25H2,1-2H3,(H,36,37)(H,38,39)(H2,26,27,30)(H2,33,34,35)/t19-,20-,21-/m1/s1. The lowest BCUT2D eigenvalue weighted by Crippen LogP contribution is -2.29. The van der Waals surface area contributed by atoms with E-state index in [1.54, 1.807) is 10.8 Å². The van der Waals surface area contributed by atoms with Gasteiger partial charge in [0, 0.05) is 30.0 Å². The normalized spacial score (nSPS) is 20.4. The summed E-state index contributed by atoms with van der Waals surface area (Å²) in [7, 11) is -14.0. The van der Waals surface area contributed by atoms with E-state index in [0.29, 0.717) is 12.5 Å². The highest BCUT2D eigenvalue weighted by atomic mass is 33.1. The molecule has 2 unspecified atom stereocenters. The van der Waals surface area contributed by atoms with Gasteiger partial charge in [0.15, 0.2) is 0 Å². The molecule has 1 aromatic carbocycles. The van der Waals surface area contributed by atoms with Gasteiger partial charge in [-0.05, 0) is 19.9 Å². The van der Waals surface area contributed by atoms with Crippen molar-refractivity contribution in [2.24, 2.45) is 5.73 Å². The maximum atomic E-state index is 12.9. The molecule has 5 atom stereocenters. The van der Waals surface area contributed by atoms with E-state index in [-0.39, 0.29) is 47.0 Å². The number of nitro groups is 1. The molecule has 1 saturated heterocycles. The van der Waals surface area contributed by atoms with Crippen LogP contribution in [0.15, 0.2) is 35.3 Å².